The predicted molar refractivity (Wildman–Crippen MR) is 143 cm³/mol. The van der Waals surface area contributed by atoms with Crippen molar-refractivity contribution in [3.63, 3.8) is 0 Å². The molecule has 5 nitrogen and oxygen atoms in total. The van der Waals surface area contributed by atoms with Crippen molar-refractivity contribution < 1.29 is 28.6 Å². The van der Waals surface area contributed by atoms with E-state index >= 15 is 0 Å². The molecule has 37 heavy (non-hydrogen) atoms. The highest BCUT2D eigenvalue weighted by Gasteiger charge is 2.24. The summed E-state index contributed by atoms with van der Waals surface area (Å²) in [5.74, 6) is -2.71. The highest BCUT2D eigenvalue weighted by molar-refractivity contribution is 5.84. The summed E-state index contributed by atoms with van der Waals surface area (Å²) in [5, 5.41) is 17.8. The van der Waals surface area contributed by atoms with Gasteiger partial charge < -0.3 is 15.1 Å². The summed E-state index contributed by atoms with van der Waals surface area (Å²) in [5.41, 5.74) is 7.63. The fourth-order valence-corrected chi connectivity index (χ4v) is 3.91. The van der Waals surface area contributed by atoms with Gasteiger partial charge in [0.25, 0.3) is 0 Å². The summed E-state index contributed by atoms with van der Waals surface area (Å²) < 4.78 is 24.4. The Morgan fingerprint density at radius 3 is 2.14 bits per heavy atom. The Kier molecular flexibility index (Phi) is 10.1. The minimum Gasteiger partial charge on any atom is -0.481 e. The van der Waals surface area contributed by atoms with Crippen molar-refractivity contribution in [3.8, 4) is 11.1 Å². The number of carboxylic acid groups (broad SMARTS) is 1. The standard InChI is InChI=1S/C19H21NO2.C7H4F2O.C4H10O/c1-12-4-6-14(7-5-12)19-15-8-9-20(3)17(15)10-13(2)16(19)11-18(21)22;8-6-2-1-5(4-10)3-7(6)9;1-4(2,3)5/h4-7,10H,8-9,11H2,1-3H3,(H,21,22);1-4H;5H,1-3H3. The van der Waals surface area contributed by atoms with Gasteiger partial charge in [-0.3, -0.25) is 9.59 Å². The number of aliphatic hydroxyl groups is 1. The maximum Gasteiger partial charge on any atom is 0.307 e. The number of likely N-dealkylation sites (N-methyl/N-ethyl adjacent to an activating group) is 1. The van der Waals surface area contributed by atoms with Gasteiger partial charge in [0, 0.05) is 24.8 Å². The Hall–Kier alpha value is -3.58. The first kappa shape index (κ1) is 29.6. The molecule has 0 atom stereocenters. The molecule has 0 saturated heterocycles. The zero-order chi connectivity index (χ0) is 27.9. The molecule has 0 saturated carbocycles. The molecule has 1 aliphatic heterocycles. The van der Waals surface area contributed by atoms with Crippen molar-refractivity contribution in [1.29, 1.82) is 0 Å². The zero-order valence-electron chi connectivity index (χ0n) is 22.2. The number of carbonyl (C=O) groups is 2. The molecule has 1 heterocycles. The van der Waals surface area contributed by atoms with Crippen LogP contribution in [0.3, 0.4) is 0 Å². The predicted octanol–water partition coefficient (Wildman–Crippen LogP) is 6.14. The van der Waals surface area contributed by atoms with E-state index in [2.05, 4.69) is 49.2 Å². The van der Waals surface area contributed by atoms with E-state index in [0.29, 0.717) is 6.29 Å². The third-order valence-electron chi connectivity index (χ3n) is 5.60. The molecular formula is C30H35F2NO4. The monoisotopic (exact) mass is 511 g/mol. The van der Waals surface area contributed by atoms with Gasteiger partial charge in [0.2, 0.25) is 0 Å². The number of aldehydes is 1. The van der Waals surface area contributed by atoms with Gasteiger partial charge in [0.05, 0.1) is 12.0 Å². The molecule has 1 aliphatic rings. The van der Waals surface area contributed by atoms with E-state index in [0.717, 1.165) is 47.4 Å². The van der Waals surface area contributed by atoms with Crippen molar-refractivity contribution in [2.45, 2.75) is 53.1 Å². The molecule has 0 fully saturated rings. The largest absolute Gasteiger partial charge is 0.481 e. The van der Waals surface area contributed by atoms with Crippen molar-refractivity contribution in [3.05, 3.63) is 88.0 Å². The number of rotatable bonds is 4. The smallest absolute Gasteiger partial charge is 0.307 e. The van der Waals surface area contributed by atoms with Gasteiger partial charge in [-0.1, -0.05) is 29.8 Å². The van der Waals surface area contributed by atoms with Gasteiger partial charge in [-0.15, -0.1) is 0 Å². The van der Waals surface area contributed by atoms with E-state index in [1.807, 2.05) is 6.92 Å². The van der Waals surface area contributed by atoms with E-state index in [1.54, 1.807) is 20.8 Å². The first-order valence-electron chi connectivity index (χ1n) is 12.0. The fraction of sp³-hybridized carbons (Fsp3) is 0.333. The quantitative estimate of drug-likeness (QED) is 0.411. The van der Waals surface area contributed by atoms with Crippen LogP contribution in [0.15, 0.2) is 48.5 Å². The fourth-order valence-electron chi connectivity index (χ4n) is 3.91. The number of aliphatic carboxylic acids is 1. The van der Waals surface area contributed by atoms with Crippen molar-refractivity contribution in [2.24, 2.45) is 0 Å². The minimum absolute atomic E-state index is 0.0754. The number of hydrogen-bond donors (Lipinski definition) is 2. The molecule has 7 heteroatoms. The number of aryl methyl sites for hydroxylation is 2. The minimum atomic E-state index is -0.996. The average Bonchev–Trinajstić information content (AvgIpc) is 3.16. The molecule has 4 rings (SSSR count). The van der Waals surface area contributed by atoms with E-state index in [1.165, 1.54) is 22.9 Å². The third kappa shape index (κ3) is 8.79. The van der Waals surface area contributed by atoms with Gasteiger partial charge in [-0.05, 0) is 93.1 Å². The van der Waals surface area contributed by atoms with Crippen molar-refractivity contribution in [1.82, 2.24) is 0 Å². The van der Waals surface area contributed by atoms with E-state index in [-0.39, 0.29) is 12.0 Å². The lowest BCUT2D eigenvalue weighted by molar-refractivity contribution is -0.136. The SMILES string of the molecule is CC(C)(C)O.Cc1ccc(-c2c(CC(=O)O)c(C)cc3c2CCN3C)cc1.O=Cc1ccc(F)c(F)c1. The van der Waals surface area contributed by atoms with Crippen LogP contribution >= 0.6 is 0 Å². The number of benzene rings is 3. The summed E-state index contributed by atoms with van der Waals surface area (Å²) in [6, 6.07) is 13.5. The van der Waals surface area contributed by atoms with Gasteiger partial charge in [-0.2, -0.15) is 0 Å². The molecule has 0 aliphatic carbocycles. The molecule has 3 aromatic carbocycles. The molecule has 198 valence electrons. The number of anilines is 1. The van der Waals surface area contributed by atoms with E-state index in [9.17, 15) is 23.5 Å². The first-order chi connectivity index (χ1) is 17.2. The maximum atomic E-state index is 12.2. The molecular weight excluding hydrogens is 476 g/mol. The lowest BCUT2D eigenvalue weighted by Crippen LogP contribution is -2.13. The van der Waals surface area contributed by atoms with Crippen LogP contribution in [0.25, 0.3) is 11.1 Å². The third-order valence-corrected chi connectivity index (χ3v) is 5.60. The number of fused-ring (bicyclic) bond motifs is 1. The summed E-state index contributed by atoms with van der Waals surface area (Å²) in [6.45, 7) is 10.3. The second-order valence-corrected chi connectivity index (χ2v) is 10.1. The van der Waals surface area contributed by atoms with Gasteiger partial charge >= 0.3 is 5.97 Å². The van der Waals surface area contributed by atoms with Gasteiger partial charge in [0.1, 0.15) is 6.29 Å². The second-order valence-electron chi connectivity index (χ2n) is 10.1. The average molecular weight is 512 g/mol. The Bertz CT molecular complexity index is 1240. The highest BCUT2D eigenvalue weighted by Crippen LogP contribution is 2.40. The van der Waals surface area contributed by atoms with Crippen LogP contribution in [-0.2, 0) is 17.6 Å². The van der Waals surface area contributed by atoms with Gasteiger partial charge in [-0.25, -0.2) is 8.78 Å². The normalized spacial score (nSPS) is 12.1. The molecule has 0 aromatic heterocycles. The first-order valence-corrected chi connectivity index (χ1v) is 12.0. The lowest BCUT2D eigenvalue weighted by atomic mass is 9.88. The number of carbonyl (C=O) groups excluding carboxylic acids is 1. The lowest BCUT2D eigenvalue weighted by Gasteiger charge is -2.19. The van der Waals surface area contributed by atoms with Crippen LogP contribution in [0, 0.1) is 25.5 Å². The number of halogens is 2. The Balaban J connectivity index is 0.000000265. The van der Waals surface area contributed by atoms with Crippen LogP contribution < -0.4 is 4.90 Å². The van der Waals surface area contributed by atoms with Gasteiger partial charge in [0.15, 0.2) is 11.6 Å². The van der Waals surface area contributed by atoms with E-state index in [4.69, 9.17) is 5.11 Å². The molecule has 0 unspecified atom stereocenters. The maximum absolute atomic E-state index is 12.2. The topological polar surface area (TPSA) is 77.8 Å². The Morgan fingerprint density at radius 1 is 1.03 bits per heavy atom. The Labute approximate surface area is 217 Å². The molecule has 0 bridgehead atoms. The molecule has 3 aromatic rings. The van der Waals surface area contributed by atoms with Crippen LogP contribution in [0.2, 0.25) is 0 Å². The molecule has 2 N–H and O–H groups in total. The summed E-state index contributed by atoms with van der Waals surface area (Å²) in [6.07, 6.45) is 1.51. The van der Waals surface area contributed by atoms with Crippen LogP contribution in [0.4, 0.5) is 14.5 Å². The number of carboxylic acids is 1. The second kappa shape index (κ2) is 12.6. The number of hydrogen-bond acceptors (Lipinski definition) is 4. The van der Waals surface area contributed by atoms with Crippen molar-refractivity contribution >= 4 is 17.9 Å². The number of nitrogens with zero attached hydrogens (tertiary/aromatic N) is 1. The Morgan fingerprint density at radius 2 is 1.62 bits per heavy atom. The van der Waals surface area contributed by atoms with Crippen LogP contribution in [-0.4, -0.2) is 41.7 Å². The molecule has 0 radical (unpaired) electrons. The molecule has 0 spiro atoms. The van der Waals surface area contributed by atoms with Crippen molar-refractivity contribution in [2.75, 3.05) is 18.5 Å². The zero-order valence-corrected chi connectivity index (χ0v) is 22.2. The van der Waals surface area contributed by atoms with Crippen LogP contribution in [0.1, 0.15) is 53.4 Å². The molecule has 0 amide bonds. The summed E-state index contributed by atoms with van der Waals surface area (Å²) in [7, 11) is 2.10. The highest BCUT2D eigenvalue weighted by atomic mass is 19.2. The van der Waals surface area contributed by atoms with E-state index < -0.39 is 23.2 Å². The van der Waals surface area contributed by atoms with Crippen LogP contribution in [0.5, 0.6) is 0 Å². The summed E-state index contributed by atoms with van der Waals surface area (Å²) >= 11 is 0. The summed E-state index contributed by atoms with van der Waals surface area (Å²) in [4.78, 5) is 23.5.